The Morgan fingerprint density at radius 2 is 2.44 bits per heavy atom. The highest BCUT2D eigenvalue weighted by atomic mass is 16.2. The zero-order chi connectivity index (χ0) is 11.6. The molecule has 4 nitrogen and oxygen atoms in total. The molecule has 1 aliphatic heterocycles. The maximum Gasteiger partial charge on any atom is 0.223 e. The first-order valence-corrected chi connectivity index (χ1v) is 5.87. The maximum absolute atomic E-state index is 12.0. The summed E-state index contributed by atoms with van der Waals surface area (Å²) in [5.74, 6) is 0.261. The molecular weight excluding hydrogens is 202 g/mol. The Bertz CT molecular complexity index is 356. The third-order valence-corrected chi connectivity index (χ3v) is 3.37. The van der Waals surface area contributed by atoms with Crippen molar-refractivity contribution in [3.05, 3.63) is 18.2 Å². The number of imidazole rings is 1. The van der Waals surface area contributed by atoms with Gasteiger partial charge in [0.15, 0.2) is 0 Å². The number of aryl methyl sites for hydroxylation is 1. The van der Waals surface area contributed by atoms with Gasteiger partial charge < -0.3 is 9.88 Å². The molecule has 0 saturated carbocycles. The van der Waals surface area contributed by atoms with Crippen LogP contribution in [0.1, 0.15) is 38.8 Å². The minimum atomic E-state index is 0.0467. The van der Waals surface area contributed by atoms with Crippen molar-refractivity contribution in [3.8, 4) is 0 Å². The molecule has 1 aliphatic rings. The van der Waals surface area contributed by atoms with Crippen molar-refractivity contribution < 1.29 is 4.79 Å². The lowest BCUT2D eigenvalue weighted by Gasteiger charge is -2.31. The van der Waals surface area contributed by atoms with Crippen LogP contribution >= 0.6 is 0 Å². The van der Waals surface area contributed by atoms with Gasteiger partial charge in [0.1, 0.15) is 0 Å². The SMILES string of the molecule is CC1(C)CCCN1C(=O)CCc1cnc[nH]1. The van der Waals surface area contributed by atoms with Gasteiger partial charge in [-0.05, 0) is 33.1 Å². The molecule has 1 N–H and O–H groups in total. The molecule has 2 heterocycles. The van der Waals surface area contributed by atoms with Gasteiger partial charge in [0.2, 0.25) is 5.91 Å². The van der Waals surface area contributed by atoms with Gasteiger partial charge in [-0.3, -0.25) is 4.79 Å². The molecule has 0 radical (unpaired) electrons. The van der Waals surface area contributed by atoms with E-state index in [2.05, 4.69) is 23.8 Å². The molecule has 0 aliphatic carbocycles. The van der Waals surface area contributed by atoms with Crippen molar-refractivity contribution in [2.75, 3.05) is 6.54 Å². The van der Waals surface area contributed by atoms with Gasteiger partial charge in [0.25, 0.3) is 0 Å². The number of aromatic nitrogens is 2. The lowest BCUT2D eigenvalue weighted by atomic mass is 10.0. The third kappa shape index (κ3) is 2.26. The Balaban J connectivity index is 1.89. The smallest absolute Gasteiger partial charge is 0.223 e. The monoisotopic (exact) mass is 221 g/mol. The average molecular weight is 221 g/mol. The fourth-order valence-corrected chi connectivity index (χ4v) is 2.37. The number of nitrogens with zero attached hydrogens (tertiary/aromatic N) is 2. The average Bonchev–Trinajstić information content (AvgIpc) is 2.83. The lowest BCUT2D eigenvalue weighted by molar-refractivity contribution is -0.134. The topological polar surface area (TPSA) is 49.0 Å². The van der Waals surface area contributed by atoms with Gasteiger partial charge in [-0.25, -0.2) is 4.98 Å². The largest absolute Gasteiger partial charge is 0.348 e. The summed E-state index contributed by atoms with van der Waals surface area (Å²) in [5.41, 5.74) is 1.08. The number of H-pyrrole nitrogens is 1. The molecule has 1 aromatic heterocycles. The number of carbonyl (C=O) groups excluding carboxylic acids is 1. The van der Waals surface area contributed by atoms with Crippen molar-refractivity contribution in [3.63, 3.8) is 0 Å². The van der Waals surface area contributed by atoms with E-state index in [0.717, 1.165) is 31.5 Å². The molecule has 1 amide bonds. The fraction of sp³-hybridized carbons (Fsp3) is 0.667. The van der Waals surface area contributed by atoms with Crippen LogP contribution in [-0.2, 0) is 11.2 Å². The lowest BCUT2D eigenvalue weighted by Crippen LogP contribution is -2.42. The second kappa shape index (κ2) is 4.28. The highest BCUT2D eigenvalue weighted by Crippen LogP contribution is 2.28. The molecule has 0 spiro atoms. The number of aromatic amines is 1. The van der Waals surface area contributed by atoms with E-state index in [4.69, 9.17) is 0 Å². The summed E-state index contributed by atoms with van der Waals surface area (Å²) >= 11 is 0. The van der Waals surface area contributed by atoms with Gasteiger partial charge >= 0.3 is 0 Å². The highest BCUT2D eigenvalue weighted by molar-refractivity contribution is 5.77. The summed E-state index contributed by atoms with van der Waals surface area (Å²) in [6, 6.07) is 0. The second-order valence-electron chi connectivity index (χ2n) is 5.04. The summed E-state index contributed by atoms with van der Waals surface area (Å²) < 4.78 is 0. The number of hydrogen-bond donors (Lipinski definition) is 1. The normalized spacial score (nSPS) is 19.0. The fourth-order valence-electron chi connectivity index (χ4n) is 2.37. The molecule has 1 fully saturated rings. The number of likely N-dealkylation sites (tertiary alicyclic amines) is 1. The predicted molar refractivity (Wildman–Crippen MR) is 61.9 cm³/mol. The molecule has 0 aromatic carbocycles. The van der Waals surface area contributed by atoms with Crippen molar-refractivity contribution in [1.29, 1.82) is 0 Å². The molecule has 1 aromatic rings. The summed E-state index contributed by atoms with van der Waals surface area (Å²) in [7, 11) is 0. The number of amides is 1. The maximum atomic E-state index is 12.0. The van der Waals surface area contributed by atoms with E-state index in [-0.39, 0.29) is 11.4 Å². The third-order valence-electron chi connectivity index (χ3n) is 3.37. The highest BCUT2D eigenvalue weighted by Gasteiger charge is 2.34. The van der Waals surface area contributed by atoms with Crippen LogP contribution in [0.15, 0.2) is 12.5 Å². The molecule has 1 saturated heterocycles. The van der Waals surface area contributed by atoms with Crippen LogP contribution in [0.3, 0.4) is 0 Å². The molecule has 88 valence electrons. The number of carbonyl (C=O) groups is 1. The predicted octanol–water partition coefficient (Wildman–Crippen LogP) is 1.74. The Morgan fingerprint density at radius 3 is 3.00 bits per heavy atom. The van der Waals surface area contributed by atoms with E-state index in [1.54, 1.807) is 12.5 Å². The zero-order valence-corrected chi connectivity index (χ0v) is 9.99. The molecular formula is C12H19N3O. The van der Waals surface area contributed by atoms with E-state index >= 15 is 0 Å². The van der Waals surface area contributed by atoms with Gasteiger partial charge in [0.05, 0.1) is 6.33 Å². The summed E-state index contributed by atoms with van der Waals surface area (Å²) in [5, 5.41) is 0. The van der Waals surface area contributed by atoms with Crippen molar-refractivity contribution in [2.45, 2.75) is 45.1 Å². The van der Waals surface area contributed by atoms with Gasteiger partial charge in [0, 0.05) is 30.4 Å². The second-order valence-corrected chi connectivity index (χ2v) is 5.04. The van der Waals surface area contributed by atoms with E-state index in [9.17, 15) is 4.79 Å². The number of hydrogen-bond acceptors (Lipinski definition) is 2. The summed E-state index contributed by atoms with van der Waals surface area (Å²) in [6.45, 7) is 5.21. The molecule has 16 heavy (non-hydrogen) atoms. The standard InChI is InChI=1S/C12H19N3O/c1-12(2)6-3-7-15(12)11(16)5-4-10-8-13-9-14-10/h8-9H,3-7H2,1-2H3,(H,13,14). The molecule has 0 atom stereocenters. The van der Waals surface area contributed by atoms with Crippen molar-refractivity contribution >= 4 is 5.91 Å². The van der Waals surface area contributed by atoms with E-state index < -0.39 is 0 Å². The number of rotatable bonds is 3. The molecule has 0 unspecified atom stereocenters. The van der Waals surface area contributed by atoms with Crippen LogP contribution in [0, 0.1) is 0 Å². The van der Waals surface area contributed by atoms with Crippen LogP contribution in [0.5, 0.6) is 0 Å². The Morgan fingerprint density at radius 1 is 1.62 bits per heavy atom. The minimum Gasteiger partial charge on any atom is -0.348 e. The number of nitrogens with one attached hydrogen (secondary N) is 1. The van der Waals surface area contributed by atoms with Gasteiger partial charge in [-0.15, -0.1) is 0 Å². The van der Waals surface area contributed by atoms with Crippen LogP contribution in [-0.4, -0.2) is 32.9 Å². The molecule has 4 heteroatoms. The molecule has 0 bridgehead atoms. The summed E-state index contributed by atoms with van der Waals surface area (Å²) in [4.78, 5) is 21.0. The quantitative estimate of drug-likeness (QED) is 0.845. The van der Waals surface area contributed by atoms with E-state index in [0.29, 0.717) is 6.42 Å². The van der Waals surface area contributed by atoms with Crippen LogP contribution in [0.2, 0.25) is 0 Å². The Labute approximate surface area is 96.1 Å². The van der Waals surface area contributed by atoms with Crippen molar-refractivity contribution in [1.82, 2.24) is 14.9 Å². The first-order valence-electron chi connectivity index (χ1n) is 5.87. The Kier molecular flexibility index (Phi) is 2.99. The van der Waals surface area contributed by atoms with E-state index in [1.165, 1.54) is 0 Å². The molecule has 2 rings (SSSR count). The minimum absolute atomic E-state index is 0.0467. The first-order chi connectivity index (χ1) is 7.59. The van der Waals surface area contributed by atoms with Crippen molar-refractivity contribution in [2.24, 2.45) is 0 Å². The Hall–Kier alpha value is -1.32. The van der Waals surface area contributed by atoms with Gasteiger partial charge in [-0.2, -0.15) is 0 Å². The zero-order valence-electron chi connectivity index (χ0n) is 9.99. The van der Waals surface area contributed by atoms with Crippen LogP contribution < -0.4 is 0 Å². The van der Waals surface area contributed by atoms with Gasteiger partial charge in [-0.1, -0.05) is 0 Å². The van der Waals surface area contributed by atoms with E-state index in [1.807, 2.05) is 4.90 Å². The summed E-state index contributed by atoms with van der Waals surface area (Å²) in [6.07, 6.45) is 7.00. The van der Waals surface area contributed by atoms with Crippen LogP contribution in [0.25, 0.3) is 0 Å². The first kappa shape index (κ1) is 11.2. The van der Waals surface area contributed by atoms with Crippen LogP contribution in [0.4, 0.5) is 0 Å².